The average molecular weight is 512 g/mol. The number of hydrogen-bond donors (Lipinski definition) is 3. The fourth-order valence-electron chi connectivity index (χ4n) is 2.72. The number of amides is 1. The van der Waals surface area contributed by atoms with Crippen molar-refractivity contribution >= 4 is 35.8 Å². The number of benzene rings is 2. The van der Waals surface area contributed by atoms with Gasteiger partial charge in [-0.15, -0.1) is 24.0 Å². The van der Waals surface area contributed by atoms with Crippen molar-refractivity contribution in [3.05, 3.63) is 59.2 Å². The zero-order valence-corrected chi connectivity index (χ0v) is 19.4. The van der Waals surface area contributed by atoms with Crippen molar-refractivity contribution in [1.82, 2.24) is 10.6 Å². The van der Waals surface area contributed by atoms with Crippen molar-refractivity contribution in [2.45, 2.75) is 19.9 Å². The predicted octanol–water partition coefficient (Wildman–Crippen LogP) is 2.39. The third kappa shape index (κ3) is 8.59. The van der Waals surface area contributed by atoms with Crippen molar-refractivity contribution in [2.75, 3.05) is 27.3 Å². The van der Waals surface area contributed by atoms with Gasteiger partial charge in [0.1, 0.15) is 11.5 Å². The van der Waals surface area contributed by atoms with Gasteiger partial charge in [-0.25, -0.2) is 0 Å². The van der Waals surface area contributed by atoms with Gasteiger partial charge in [-0.3, -0.25) is 9.79 Å². The van der Waals surface area contributed by atoms with E-state index in [4.69, 9.17) is 15.2 Å². The van der Waals surface area contributed by atoms with E-state index in [1.54, 1.807) is 20.2 Å². The van der Waals surface area contributed by atoms with Crippen molar-refractivity contribution in [3.63, 3.8) is 0 Å². The topological polar surface area (TPSA) is 98.0 Å². The zero-order chi connectivity index (χ0) is 20.4. The Balaban J connectivity index is 0.00000420. The number of carbonyl (C=O) groups is 1. The summed E-state index contributed by atoms with van der Waals surface area (Å²) in [5.74, 6) is 1.70. The summed E-state index contributed by atoms with van der Waals surface area (Å²) in [7, 11) is 3.42. The normalized spacial score (nSPS) is 10.7. The van der Waals surface area contributed by atoms with Crippen LogP contribution in [0.4, 0.5) is 0 Å². The Morgan fingerprint density at radius 2 is 1.97 bits per heavy atom. The molecule has 0 aliphatic heterocycles. The minimum atomic E-state index is -0.502. The summed E-state index contributed by atoms with van der Waals surface area (Å²) in [5, 5.41) is 6.57. The smallest absolute Gasteiger partial charge is 0.255 e. The van der Waals surface area contributed by atoms with Gasteiger partial charge in [0.05, 0.1) is 7.11 Å². The van der Waals surface area contributed by atoms with Gasteiger partial charge < -0.3 is 25.8 Å². The van der Waals surface area contributed by atoms with Gasteiger partial charge >= 0.3 is 0 Å². The summed E-state index contributed by atoms with van der Waals surface area (Å²) in [4.78, 5) is 15.1. The van der Waals surface area contributed by atoms with Gasteiger partial charge in [0.15, 0.2) is 12.6 Å². The third-order valence-corrected chi connectivity index (χ3v) is 4.09. The molecular formula is C21H29IN4O3. The number of aliphatic imine (C=N–C) groups is 1. The Morgan fingerprint density at radius 3 is 2.66 bits per heavy atom. The maximum Gasteiger partial charge on any atom is 0.255 e. The molecule has 0 atom stereocenters. The van der Waals surface area contributed by atoms with Crippen LogP contribution in [0.3, 0.4) is 0 Å². The van der Waals surface area contributed by atoms with E-state index in [0.717, 1.165) is 29.8 Å². The Kier molecular flexibility index (Phi) is 10.9. The molecule has 0 radical (unpaired) electrons. The van der Waals surface area contributed by atoms with Crippen LogP contribution < -0.4 is 25.8 Å². The molecule has 0 heterocycles. The minimum absolute atomic E-state index is 0. The highest BCUT2D eigenvalue weighted by atomic mass is 127. The number of methoxy groups -OCH3 is 1. The number of nitrogens with one attached hydrogen (secondary N) is 2. The molecule has 158 valence electrons. The first-order valence-corrected chi connectivity index (χ1v) is 9.10. The molecule has 2 aromatic carbocycles. The first-order valence-electron chi connectivity index (χ1n) is 9.10. The number of rotatable bonds is 9. The number of nitrogens with two attached hydrogens (primary N) is 1. The van der Waals surface area contributed by atoms with Gasteiger partial charge in [-0.2, -0.15) is 0 Å². The number of carbonyl (C=O) groups excluding carboxylic acids is 1. The van der Waals surface area contributed by atoms with E-state index in [2.05, 4.69) is 28.6 Å². The van der Waals surface area contributed by atoms with Crippen LogP contribution in [0.15, 0.2) is 47.5 Å². The predicted molar refractivity (Wildman–Crippen MR) is 126 cm³/mol. The molecule has 0 saturated heterocycles. The Hall–Kier alpha value is -2.49. The number of primary amides is 1. The number of hydrogen-bond acceptors (Lipinski definition) is 4. The van der Waals surface area contributed by atoms with Crippen LogP contribution in [-0.2, 0) is 17.8 Å². The number of ether oxygens (including phenoxy) is 2. The maximum absolute atomic E-state index is 10.8. The molecule has 2 rings (SSSR count). The number of nitrogens with zero attached hydrogens (tertiary/aromatic N) is 1. The lowest BCUT2D eigenvalue weighted by Gasteiger charge is -2.14. The van der Waals surface area contributed by atoms with Crippen LogP contribution in [0.25, 0.3) is 0 Å². The van der Waals surface area contributed by atoms with E-state index in [1.165, 1.54) is 5.56 Å². The SMILES string of the molecule is CN=C(NCCc1cc(C)ccc1OC)NCc1cccc(OCC(N)=O)c1.I. The van der Waals surface area contributed by atoms with Crippen LogP contribution in [0.2, 0.25) is 0 Å². The largest absolute Gasteiger partial charge is 0.496 e. The summed E-state index contributed by atoms with van der Waals surface area (Å²) < 4.78 is 10.7. The number of guanidine groups is 1. The van der Waals surface area contributed by atoms with Gasteiger partial charge in [-0.1, -0.05) is 29.8 Å². The molecular weight excluding hydrogens is 483 g/mol. The standard InChI is InChI=1S/C21H28N4O3.HI/c1-15-7-8-19(27-3)17(11-15)9-10-24-21(23-2)25-13-16-5-4-6-18(12-16)28-14-20(22)26;/h4-8,11-12H,9-10,13-14H2,1-3H3,(H2,22,26)(H2,23,24,25);1H. The molecule has 8 heteroatoms. The van der Waals surface area contributed by atoms with Gasteiger partial charge in [0.25, 0.3) is 5.91 Å². The molecule has 2 aromatic rings. The van der Waals surface area contributed by atoms with E-state index in [9.17, 15) is 4.79 Å². The Bertz CT molecular complexity index is 827. The molecule has 0 aliphatic rings. The van der Waals surface area contributed by atoms with Crippen LogP contribution in [-0.4, -0.2) is 39.2 Å². The summed E-state index contributed by atoms with van der Waals surface area (Å²) in [6.45, 7) is 3.23. The van der Waals surface area contributed by atoms with E-state index < -0.39 is 5.91 Å². The Morgan fingerprint density at radius 1 is 1.17 bits per heavy atom. The second-order valence-electron chi connectivity index (χ2n) is 6.32. The highest BCUT2D eigenvalue weighted by Crippen LogP contribution is 2.19. The second-order valence-corrected chi connectivity index (χ2v) is 6.32. The van der Waals surface area contributed by atoms with Crippen LogP contribution >= 0.6 is 24.0 Å². The molecule has 1 amide bonds. The van der Waals surface area contributed by atoms with Gasteiger partial charge in [0.2, 0.25) is 0 Å². The van der Waals surface area contributed by atoms with Gasteiger partial charge in [-0.05, 0) is 42.7 Å². The van der Waals surface area contributed by atoms with Crippen LogP contribution in [0.5, 0.6) is 11.5 Å². The van der Waals surface area contributed by atoms with Crippen molar-refractivity contribution in [2.24, 2.45) is 10.7 Å². The molecule has 0 aromatic heterocycles. The highest BCUT2D eigenvalue weighted by molar-refractivity contribution is 14.0. The zero-order valence-electron chi connectivity index (χ0n) is 17.0. The molecule has 0 bridgehead atoms. The van der Waals surface area contributed by atoms with Crippen molar-refractivity contribution < 1.29 is 14.3 Å². The van der Waals surface area contributed by atoms with Crippen molar-refractivity contribution in [1.29, 1.82) is 0 Å². The number of halogens is 1. The highest BCUT2D eigenvalue weighted by Gasteiger charge is 2.05. The van der Waals surface area contributed by atoms with E-state index in [0.29, 0.717) is 18.3 Å². The summed E-state index contributed by atoms with van der Waals surface area (Å²) in [6, 6.07) is 13.6. The monoisotopic (exact) mass is 512 g/mol. The lowest BCUT2D eigenvalue weighted by atomic mass is 10.1. The summed E-state index contributed by atoms with van der Waals surface area (Å²) in [6.07, 6.45) is 0.821. The first-order chi connectivity index (χ1) is 13.5. The quantitative estimate of drug-likeness (QED) is 0.273. The fourth-order valence-corrected chi connectivity index (χ4v) is 2.72. The van der Waals surface area contributed by atoms with Crippen LogP contribution in [0, 0.1) is 6.92 Å². The maximum atomic E-state index is 10.8. The molecule has 29 heavy (non-hydrogen) atoms. The van der Waals surface area contributed by atoms with Gasteiger partial charge in [0, 0.05) is 20.1 Å². The van der Waals surface area contributed by atoms with E-state index >= 15 is 0 Å². The average Bonchev–Trinajstić information content (AvgIpc) is 2.69. The molecule has 0 fully saturated rings. The van der Waals surface area contributed by atoms with Crippen molar-refractivity contribution in [3.8, 4) is 11.5 Å². The fraction of sp³-hybridized carbons (Fsp3) is 0.333. The lowest BCUT2D eigenvalue weighted by molar-refractivity contribution is -0.119. The van der Waals surface area contributed by atoms with E-state index in [1.807, 2.05) is 30.3 Å². The third-order valence-electron chi connectivity index (χ3n) is 4.09. The van der Waals surface area contributed by atoms with E-state index in [-0.39, 0.29) is 30.6 Å². The summed E-state index contributed by atoms with van der Waals surface area (Å²) in [5.41, 5.74) is 8.47. The molecule has 0 spiro atoms. The molecule has 0 aliphatic carbocycles. The molecule has 0 saturated carbocycles. The van der Waals surface area contributed by atoms with Crippen LogP contribution in [0.1, 0.15) is 16.7 Å². The minimum Gasteiger partial charge on any atom is -0.496 e. The summed E-state index contributed by atoms with van der Waals surface area (Å²) >= 11 is 0. The molecule has 0 unspecified atom stereocenters. The second kappa shape index (κ2) is 12.9. The number of aryl methyl sites for hydroxylation is 1. The first kappa shape index (κ1) is 24.5. The lowest BCUT2D eigenvalue weighted by Crippen LogP contribution is -2.37. The molecule has 7 nitrogen and oxygen atoms in total. The molecule has 4 N–H and O–H groups in total. The Labute approximate surface area is 189 Å².